The lowest BCUT2D eigenvalue weighted by Gasteiger charge is -2.25. The molecule has 1 aromatic heterocycles. The average molecular weight is 353 g/mol. The van der Waals surface area contributed by atoms with Gasteiger partial charge in [-0.3, -0.25) is 0 Å². The fourth-order valence-corrected chi connectivity index (χ4v) is 3.45. The second kappa shape index (κ2) is 8.23. The minimum atomic E-state index is -0.195. The number of nitrogens with zero attached hydrogens (tertiary/aromatic N) is 2. The number of benzene rings is 2. The van der Waals surface area contributed by atoms with Crippen molar-refractivity contribution >= 4 is 27.5 Å². The molecule has 0 aliphatic carbocycles. The van der Waals surface area contributed by atoms with E-state index in [-0.39, 0.29) is 11.5 Å². The van der Waals surface area contributed by atoms with Crippen LogP contribution in [0, 0.1) is 0 Å². The molecule has 2 heterocycles. The lowest BCUT2D eigenvalue weighted by molar-refractivity contribution is 0.229. The van der Waals surface area contributed by atoms with Crippen LogP contribution >= 0.6 is 0 Å². The van der Waals surface area contributed by atoms with E-state index in [1.165, 1.54) is 57.5 Å². The lowest BCUT2D eigenvalue weighted by Crippen LogP contribution is -2.30. The summed E-state index contributed by atoms with van der Waals surface area (Å²) >= 11 is 0. The molecule has 0 bridgehead atoms. The van der Waals surface area contributed by atoms with Gasteiger partial charge in [0.1, 0.15) is 0 Å². The third-order valence-corrected chi connectivity index (χ3v) is 4.81. The molecule has 1 aliphatic rings. The van der Waals surface area contributed by atoms with E-state index in [1.807, 2.05) is 24.3 Å². The van der Waals surface area contributed by atoms with Gasteiger partial charge in [0.2, 0.25) is 0 Å². The van der Waals surface area contributed by atoms with E-state index in [0.29, 0.717) is 16.6 Å². The molecule has 26 heavy (non-hydrogen) atoms. The third-order valence-electron chi connectivity index (χ3n) is 4.81. The van der Waals surface area contributed by atoms with Crippen LogP contribution in [0.25, 0.3) is 21.8 Å². The highest BCUT2D eigenvalue weighted by Crippen LogP contribution is 2.35. The Morgan fingerprint density at radius 1 is 0.962 bits per heavy atom. The van der Waals surface area contributed by atoms with E-state index in [9.17, 15) is 10.2 Å². The third kappa shape index (κ3) is 3.99. The highest BCUT2D eigenvalue weighted by molar-refractivity contribution is 6.07. The summed E-state index contributed by atoms with van der Waals surface area (Å²) in [4.78, 5) is 6.96. The smallest absolute Gasteiger partial charge is 0.159 e. The van der Waals surface area contributed by atoms with Crippen molar-refractivity contribution in [1.82, 2.24) is 9.88 Å². The molecule has 5 nitrogen and oxygen atoms in total. The van der Waals surface area contributed by atoms with Gasteiger partial charge in [0.05, 0.1) is 16.7 Å². The second-order valence-corrected chi connectivity index (χ2v) is 6.80. The zero-order valence-electron chi connectivity index (χ0n) is 15.3. The molecule has 5 heteroatoms. The summed E-state index contributed by atoms with van der Waals surface area (Å²) in [5.74, 6) is -0.388. The molecular weight excluding hydrogens is 326 g/mol. The first-order valence-electron chi connectivity index (χ1n) is 9.32. The first-order chi connectivity index (χ1) is 12.6. The number of nitrogen functional groups attached to an aromatic ring is 1. The molecule has 1 aliphatic heterocycles. The van der Waals surface area contributed by atoms with Crippen molar-refractivity contribution in [3.8, 4) is 11.5 Å². The van der Waals surface area contributed by atoms with Crippen molar-refractivity contribution in [3.63, 3.8) is 0 Å². The Bertz CT molecular complexity index is 886. The normalized spacial score (nSPS) is 15.0. The number of aromatic hydroxyl groups is 2. The molecule has 138 valence electrons. The zero-order valence-corrected chi connectivity index (χ0v) is 15.3. The Morgan fingerprint density at radius 2 is 1.65 bits per heavy atom. The predicted molar refractivity (Wildman–Crippen MR) is 108 cm³/mol. The highest BCUT2D eigenvalue weighted by atomic mass is 16.3. The number of phenols is 2. The minimum Gasteiger partial charge on any atom is -0.504 e. The summed E-state index contributed by atoms with van der Waals surface area (Å²) in [6.07, 6.45) is 5.64. The molecule has 4 N–H and O–H groups in total. The standard InChI is InChI=1S/C13H10N2O2.C8H17N/c14-13-7-3-1-2-4-9(7)15-10-6-12(17)11(16)5-8(10)13;1-2-6-9-7-4-3-5-8-9/h1-6,16-17H,(H2,14,15);2-8H2,1H3. The van der Waals surface area contributed by atoms with Crippen molar-refractivity contribution in [2.45, 2.75) is 32.6 Å². The van der Waals surface area contributed by atoms with Gasteiger partial charge >= 0.3 is 0 Å². The fourth-order valence-electron chi connectivity index (χ4n) is 3.45. The van der Waals surface area contributed by atoms with Crippen molar-refractivity contribution in [3.05, 3.63) is 36.4 Å². The van der Waals surface area contributed by atoms with Crippen molar-refractivity contribution < 1.29 is 10.2 Å². The number of phenolic OH excluding ortho intramolecular Hbond substituents is 2. The topological polar surface area (TPSA) is 82.6 Å². The van der Waals surface area contributed by atoms with Crippen LogP contribution in [-0.2, 0) is 0 Å². The molecule has 0 saturated carbocycles. The number of para-hydroxylation sites is 1. The van der Waals surface area contributed by atoms with Gasteiger partial charge in [0.25, 0.3) is 0 Å². The van der Waals surface area contributed by atoms with E-state index in [1.54, 1.807) is 0 Å². The molecule has 1 saturated heterocycles. The summed E-state index contributed by atoms with van der Waals surface area (Å²) in [6, 6.07) is 10.3. The largest absolute Gasteiger partial charge is 0.504 e. The van der Waals surface area contributed by atoms with Crippen LogP contribution in [0.3, 0.4) is 0 Å². The summed E-state index contributed by atoms with van der Waals surface area (Å²) in [6.45, 7) is 6.29. The molecule has 4 rings (SSSR count). The van der Waals surface area contributed by atoms with Gasteiger partial charge in [-0.2, -0.15) is 0 Å². The predicted octanol–water partition coefficient (Wildman–Crippen LogP) is 4.26. The van der Waals surface area contributed by atoms with Gasteiger partial charge in [-0.25, -0.2) is 4.98 Å². The number of hydrogen-bond donors (Lipinski definition) is 3. The van der Waals surface area contributed by atoms with Gasteiger partial charge in [0.15, 0.2) is 11.5 Å². The number of aromatic nitrogens is 1. The van der Waals surface area contributed by atoms with E-state index in [2.05, 4.69) is 16.8 Å². The molecule has 1 fully saturated rings. The maximum Gasteiger partial charge on any atom is 0.159 e. The SMILES string of the molecule is CCCN1CCCCC1.Nc1c2ccccc2nc2cc(O)c(O)cc12. The Labute approximate surface area is 154 Å². The summed E-state index contributed by atoms with van der Waals surface area (Å²) in [5, 5.41) is 20.4. The summed E-state index contributed by atoms with van der Waals surface area (Å²) in [7, 11) is 0. The molecule has 3 aromatic rings. The lowest BCUT2D eigenvalue weighted by atomic mass is 10.1. The van der Waals surface area contributed by atoms with Gasteiger partial charge in [-0.1, -0.05) is 31.5 Å². The van der Waals surface area contributed by atoms with Gasteiger partial charge in [0, 0.05) is 16.8 Å². The van der Waals surface area contributed by atoms with Gasteiger partial charge < -0.3 is 20.8 Å². The molecule has 0 radical (unpaired) electrons. The quantitative estimate of drug-likeness (QED) is 0.473. The molecular formula is C21H27N3O2. The molecule has 2 aromatic carbocycles. The van der Waals surface area contributed by atoms with Gasteiger partial charge in [-0.05, 0) is 51.0 Å². The maximum atomic E-state index is 9.48. The van der Waals surface area contributed by atoms with Crippen LogP contribution in [0.2, 0.25) is 0 Å². The molecule has 0 unspecified atom stereocenters. The van der Waals surface area contributed by atoms with Crippen LogP contribution in [-0.4, -0.2) is 39.7 Å². The van der Waals surface area contributed by atoms with E-state index >= 15 is 0 Å². The number of piperidine rings is 1. The van der Waals surface area contributed by atoms with Crippen LogP contribution in [0.4, 0.5) is 5.69 Å². The Hall–Kier alpha value is -2.53. The summed E-state index contributed by atoms with van der Waals surface area (Å²) in [5.41, 5.74) is 7.93. The fraction of sp³-hybridized carbons (Fsp3) is 0.381. The number of likely N-dealkylation sites (tertiary alicyclic amines) is 1. The van der Waals surface area contributed by atoms with Crippen LogP contribution < -0.4 is 5.73 Å². The Morgan fingerprint density at radius 3 is 2.38 bits per heavy atom. The van der Waals surface area contributed by atoms with E-state index < -0.39 is 0 Å². The summed E-state index contributed by atoms with van der Waals surface area (Å²) < 4.78 is 0. The van der Waals surface area contributed by atoms with E-state index in [0.717, 1.165) is 10.9 Å². The van der Waals surface area contributed by atoms with Crippen LogP contribution in [0.15, 0.2) is 36.4 Å². The number of fused-ring (bicyclic) bond motifs is 2. The minimum absolute atomic E-state index is 0.193. The maximum absolute atomic E-state index is 9.48. The van der Waals surface area contributed by atoms with E-state index in [4.69, 9.17) is 5.73 Å². The Balaban J connectivity index is 0.000000185. The first-order valence-corrected chi connectivity index (χ1v) is 9.32. The van der Waals surface area contributed by atoms with Crippen LogP contribution in [0.5, 0.6) is 11.5 Å². The first kappa shape index (κ1) is 18.3. The number of rotatable bonds is 2. The number of hydrogen-bond acceptors (Lipinski definition) is 5. The monoisotopic (exact) mass is 353 g/mol. The number of pyridine rings is 1. The highest BCUT2D eigenvalue weighted by Gasteiger charge is 2.09. The second-order valence-electron chi connectivity index (χ2n) is 6.80. The van der Waals surface area contributed by atoms with Crippen molar-refractivity contribution in [2.24, 2.45) is 0 Å². The molecule has 0 atom stereocenters. The number of nitrogens with two attached hydrogens (primary N) is 1. The molecule has 0 spiro atoms. The number of anilines is 1. The van der Waals surface area contributed by atoms with Crippen LogP contribution in [0.1, 0.15) is 32.6 Å². The van der Waals surface area contributed by atoms with Crippen molar-refractivity contribution in [2.75, 3.05) is 25.4 Å². The zero-order chi connectivity index (χ0) is 18.5. The Kier molecular flexibility index (Phi) is 5.78. The van der Waals surface area contributed by atoms with Gasteiger partial charge in [-0.15, -0.1) is 0 Å². The average Bonchev–Trinajstić information content (AvgIpc) is 2.66. The van der Waals surface area contributed by atoms with Crippen molar-refractivity contribution in [1.29, 1.82) is 0 Å². The molecule has 0 amide bonds.